The molecule has 0 unspecified atom stereocenters. The van der Waals surface area contributed by atoms with E-state index in [0.29, 0.717) is 0 Å². The molecule has 1 radical (unpaired) electrons. The second kappa shape index (κ2) is 5.08. The maximum absolute atomic E-state index is 11.0. The van der Waals surface area contributed by atoms with Crippen molar-refractivity contribution in [2.45, 2.75) is 26.7 Å². The van der Waals surface area contributed by atoms with E-state index in [1.807, 2.05) is 0 Å². The third-order valence-corrected chi connectivity index (χ3v) is 2.54. The molecule has 5 heteroatoms. The predicted molar refractivity (Wildman–Crippen MR) is 64.0 cm³/mol. The summed E-state index contributed by atoms with van der Waals surface area (Å²) >= 11 is 0. The van der Waals surface area contributed by atoms with Crippen LogP contribution in [0.15, 0.2) is 12.1 Å². The minimum absolute atomic E-state index is 0.238. The average molecular weight is 248 g/mol. The maximum Gasteiger partial charge on any atom is 0.308 e. The van der Waals surface area contributed by atoms with Gasteiger partial charge in [0.1, 0.15) is 0 Å². The van der Waals surface area contributed by atoms with Gasteiger partial charge in [-0.25, -0.2) is 0 Å². The van der Waals surface area contributed by atoms with Gasteiger partial charge in [-0.15, -0.1) is 0 Å². The fourth-order valence-corrected chi connectivity index (χ4v) is 1.88. The summed E-state index contributed by atoms with van der Waals surface area (Å²) in [5, 5.41) is 4.35. The number of carbonyl (C=O) groups is 2. The first-order valence-electron chi connectivity index (χ1n) is 5.77. The van der Waals surface area contributed by atoms with Gasteiger partial charge in [0, 0.05) is 26.5 Å². The van der Waals surface area contributed by atoms with E-state index >= 15 is 0 Å². The van der Waals surface area contributed by atoms with Gasteiger partial charge in [-0.1, -0.05) is 0 Å². The van der Waals surface area contributed by atoms with E-state index in [9.17, 15) is 9.59 Å². The Morgan fingerprint density at radius 2 is 1.72 bits per heavy atom. The molecule has 1 heterocycles. The SMILES string of the molecule is CC(=O)Oc1cc2c(cc1OC(C)=O)[N]CCC2. The Hall–Kier alpha value is -2.04. The molecule has 18 heavy (non-hydrogen) atoms. The molecule has 0 saturated carbocycles. The normalized spacial score (nSPS) is 13.2. The van der Waals surface area contributed by atoms with E-state index in [0.717, 1.165) is 30.6 Å². The zero-order valence-corrected chi connectivity index (χ0v) is 10.4. The molecule has 2 rings (SSSR count). The van der Waals surface area contributed by atoms with E-state index in [4.69, 9.17) is 9.47 Å². The monoisotopic (exact) mass is 248 g/mol. The highest BCUT2D eigenvalue weighted by molar-refractivity contribution is 5.75. The van der Waals surface area contributed by atoms with Gasteiger partial charge in [0.05, 0.1) is 5.69 Å². The maximum atomic E-state index is 11.0. The number of carbonyl (C=O) groups excluding carboxylic acids is 2. The van der Waals surface area contributed by atoms with Gasteiger partial charge in [-0.05, 0) is 24.5 Å². The minimum atomic E-state index is -0.459. The van der Waals surface area contributed by atoms with Crippen LogP contribution >= 0.6 is 0 Å². The zero-order chi connectivity index (χ0) is 13.1. The van der Waals surface area contributed by atoms with Crippen LogP contribution < -0.4 is 14.8 Å². The molecule has 0 spiro atoms. The van der Waals surface area contributed by atoms with Crippen LogP contribution in [0.2, 0.25) is 0 Å². The van der Waals surface area contributed by atoms with E-state index in [-0.39, 0.29) is 11.5 Å². The number of rotatable bonds is 2. The molecule has 5 nitrogen and oxygen atoms in total. The Morgan fingerprint density at radius 1 is 1.11 bits per heavy atom. The highest BCUT2D eigenvalue weighted by Crippen LogP contribution is 2.36. The number of ether oxygens (including phenoxy) is 2. The number of benzene rings is 1. The highest BCUT2D eigenvalue weighted by Gasteiger charge is 2.18. The summed E-state index contributed by atoms with van der Waals surface area (Å²) in [5.74, 6) is -0.397. The van der Waals surface area contributed by atoms with Crippen molar-refractivity contribution in [1.82, 2.24) is 5.32 Å². The number of nitrogens with zero attached hydrogens (tertiary/aromatic N) is 1. The lowest BCUT2D eigenvalue weighted by Crippen LogP contribution is -2.13. The molecule has 0 N–H and O–H groups in total. The molecule has 0 aliphatic carbocycles. The largest absolute Gasteiger partial charge is 0.423 e. The molecule has 95 valence electrons. The Kier molecular flexibility index (Phi) is 3.50. The molecule has 1 aliphatic heterocycles. The molecule has 0 fully saturated rings. The Morgan fingerprint density at radius 3 is 2.33 bits per heavy atom. The second-order valence-electron chi connectivity index (χ2n) is 4.10. The van der Waals surface area contributed by atoms with Crippen molar-refractivity contribution in [2.75, 3.05) is 6.54 Å². The second-order valence-corrected chi connectivity index (χ2v) is 4.10. The standard InChI is InChI=1S/C13H14NO4/c1-8(15)17-12-6-10-4-3-5-14-11(10)7-13(12)18-9(2)16/h6-7H,3-5H2,1-2H3. The van der Waals surface area contributed by atoms with Crippen molar-refractivity contribution in [3.63, 3.8) is 0 Å². The van der Waals surface area contributed by atoms with Crippen molar-refractivity contribution in [2.24, 2.45) is 0 Å². The summed E-state index contributed by atoms with van der Waals surface area (Å²) in [4.78, 5) is 22.1. The summed E-state index contributed by atoms with van der Waals surface area (Å²) in [6, 6.07) is 3.37. The van der Waals surface area contributed by atoms with Gasteiger partial charge in [-0.2, -0.15) is 0 Å². The summed E-state index contributed by atoms with van der Waals surface area (Å²) < 4.78 is 10.1. The number of hydrogen-bond donors (Lipinski definition) is 0. The van der Waals surface area contributed by atoms with Crippen LogP contribution in [-0.2, 0) is 16.0 Å². The van der Waals surface area contributed by atoms with Gasteiger partial charge in [0.2, 0.25) is 0 Å². The van der Waals surface area contributed by atoms with Crippen molar-refractivity contribution < 1.29 is 19.1 Å². The van der Waals surface area contributed by atoms with Gasteiger partial charge < -0.3 is 9.47 Å². The third kappa shape index (κ3) is 2.80. The quantitative estimate of drug-likeness (QED) is 0.590. The fourth-order valence-electron chi connectivity index (χ4n) is 1.88. The van der Waals surface area contributed by atoms with Crippen molar-refractivity contribution in [1.29, 1.82) is 0 Å². The zero-order valence-electron chi connectivity index (χ0n) is 10.4. The Labute approximate surface area is 105 Å². The first-order chi connectivity index (χ1) is 8.56. The summed E-state index contributed by atoms with van der Waals surface area (Å²) in [5.41, 5.74) is 1.81. The van der Waals surface area contributed by atoms with Crippen LogP contribution in [-0.4, -0.2) is 18.5 Å². The van der Waals surface area contributed by atoms with E-state index in [2.05, 4.69) is 5.32 Å². The number of fused-ring (bicyclic) bond motifs is 1. The van der Waals surface area contributed by atoms with Crippen LogP contribution in [0.4, 0.5) is 5.69 Å². The van der Waals surface area contributed by atoms with Gasteiger partial charge in [0.15, 0.2) is 11.5 Å². The van der Waals surface area contributed by atoms with Crippen LogP contribution in [0.5, 0.6) is 11.5 Å². The van der Waals surface area contributed by atoms with E-state index in [1.54, 1.807) is 12.1 Å². The first kappa shape index (κ1) is 12.4. The Balaban J connectivity index is 2.40. The van der Waals surface area contributed by atoms with Crippen LogP contribution in [0.3, 0.4) is 0 Å². The molecular weight excluding hydrogens is 234 g/mol. The number of aryl methyl sites for hydroxylation is 1. The van der Waals surface area contributed by atoms with E-state index in [1.165, 1.54) is 13.8 Å². The molecular formula is C13H14NO4. The van der Waals surface area contributed by atoms with E-state index < -0.39 is 11.9 Å². The summed E-state index contributed by atoms with van der Waals surface area (Å²) in [6.45, 7) is 3.37. The average Bonchev–Trinajstić information content (AvgIpc) is 2.28. The first-order valence-corrected chi connectivity index (χ1v) is 5.77. The lowest BCUT2D eigenvalue weighted by Gasteiger charge is -2.18. The summed E-state index contributed by atoms with van der Waals surface area (Å²) in [6.07, 6.45) is 1.85. The van der Waals surface area contributed by atoms with Gasteiger partial charge in [0.25, 0.3) is 0 Å². The molecule has 1 aromatic carbocycles. The molecule has 0 aromatic heterocycles. The van der Waals surface area contributed by atoms with Crippen LogP contribution in [0.25, 0.3) is 0 Å². The number of hydrogen-bond acceptors (Lipinski definition) is 4. The molecule has 0 amide bonds. The van der Waals surface area contributed by atoms with Crippen molar-refractivity contribution in [3.8, 4) is 11.5 Å². The third-order valence-electron chi connectivity index (χ3n) is 2.54. The van der Waals surface area contributed by atoms with Crippen LogP contribution in [0.1, 0.15) is 25.8 Å². The number of esters is 2. The molecule has 1 aromatic rings. The molecule has 0 bridgehead atoms. The molecule has 1 aliphatic rings. The van der Waals surface area contributed by atoms with Gasteiger partial charge >= 0.3 is 11.9 Å². The van der Waals surface area contributed by atoms with Crippen LogP contribution in [0, 0.1) is 0 Å². The van der Waals surface area contributed by atoms with Crippen molar-refractivity contribution >= 4 is 17.6 Å². The van der Waals surface area contributed by atoms with Gasteiger partial charge in [-0.3, -0.25) is 14.9 Å². The molecule has 0 saturated heterocycles. The minimum Gasteiger partial charge on any atom is -0.423 e. The fraction of sp³-hybridized carbons (Fsp3) is 0.385. The predicted octanol–water partition coefficient (Wildman–Crippen LogP) is 1.72. The topological polar surface area (TPSA) is 66.7 Å². The smallest absolute Gasteiger partial charge is 0.308 e. The highest BCUT2D eigenvalue weighted by atomic mass is 16.6. The Bertz CT molecular complexity index is 451. The molecule has 0 atom stereocenters. The summed E-state index contributed by atoms with van der Waals surface area (Å²) in [7, 11) is 0. The van der Waals surface area contributed by atoms with Crippen molar-refractivity contribution in [3.05, 3.63) is 17.7 Å². The lowest BCUT2D eigenvalue weighted by atomic mass is 10.0. The lowest BCUT2D eigenvalue weighted by molar-refractivity contribution is -0.134.